The normalized spacial score (nSPS) is 16.6. The van der Waals surface area contributed by atoms with E-state index in [0.29, 0.717) is 12.6 Å². The number of carbonyl (C=O) groups is 1. The molecular weight excluding hydrogens is 382 g/mol. The van der Waals surface area contributed by atoms with Gasteiger partial charge in [0.25, 0.3) is 0 Å². The highest BCUT2D eigenvalue weighted by atomic mass is 35.5. The second-order valence-corrected chi connectivity index (χ2v) is 8.46. The van der Waals surface area contributed by atoms with Crippen LogP contribution in [0.2, 0.25) is 0 Å². The Bertz CT molecular complexity index is 546. The Kier molecular flexibility index (Phi) is 14.1. The van der Waals surface area contributed by atoms with E-state index in [4.69, 9.17) is 4.74 Å². The second kappa shape index (κ2) is 15.7. The van der Waals surface area contributed by atoms with Crippen molar-refractivity contribution in [1.29, 1.82) is 0 Å². The number of likely N-dealkylation sites (tertiary alicyclic amines) is 1. The summed E-state index contributed by atoms with van der Waals surface area (Å²) >= 11 is 0. The van der Waals surface area contributed by atoms with Gasteiger partial charge in [0.15, 0.2) is 0 Å². The highest BCUT2D eigenvalue weighted by molar-refractivity contribution is 5.85. The summed E-state index contributed by atoms with van der Waals surface area (Å²) in [5, 5.41) is 0. The lowest BCUT2D eigenvalue weighted by atomic mass is 10.0. The standard InChI is InChI=1S/C25H41NO2.ClH/c1-3-4-5-6-7-8-9-10-11-13-23-15-17-24(18-16-23)20-26-19-12-14-25(26)21-28-22(2)27;/h15-18,25H,3-14,19-21H2,1-2H3;1H/t25-;/m1./s1. The topological polar surface area (TPSA) is 29.5 Å². The summed E-state index contributed by atoms with van der Waals surface area (Å²) in [6, 6.07) is 9.55. The van der Waals surface area contributed by atoms with Crippen LogP contribution in [-0.4, -0.2) is 30.1 Å². The average molecular weight is 424 g/mol. The van der Waals surface area contributed by atoms with Gasteiger partial charge in [0.05, 0.1) is 0 Å². The van der Waals surface area contributed by atoms with Gasteiger partial charge >= 0.3 is 5.97 Å². The van der Waals surface area contributed by atoms with Gasteiger partial charge in [-0.2, -0.15) is 0 Å². The molecule has 1 aliphatic rings. The number of unbranched alkanes of at least 4 members (excludes halogenated alkanes) is 8. The molecule has 0 bridgehead atoms. The second-order valence-electron chi connectivity index (χ2n) is 8.46. The molecule has 1 aromatic rings. The van der Waals surface area contributed by atoms with Crippen molar-refractivity contribution in [3.8, 4) is 0 Å². The van der Waals surface area contributed by atoms with Crippen molar-refractivity contribution < 1.29 is 9.53 Å². The van der Waals surface area contributed by atoms with E-state index < -0.39 is 0 Å². The van der Waals surface area contributed by atoms with Crippen LogP contribution in [0.5, 0.6) is 0 Å². The molecule has 29 heavy (non-hydrogen) atoms. The molecule has 0 radical (unpaired) electrons. The molecule has 3 nitrogen and oxygen atoms in total. The van der Waals surface area contributed by atoms with Crippen LogP contribution in [0, 0.1) is 0 Å². The van der Waals surface area contributed by atoms with Gasteiger partial charge < -0.3 is 4.74 Å². The lowest BCUT2D eigenvalue weighted by Gasteiger charge is -2.24. The average Bonchev–Trinajstić information content (AvgIpc) is 3.13. The van der Waals surface area contributed by atoms with E-state index in [1.807, 2.05) is 0 Å². The minimum Gasteiger partial charge on any atom is -0.464 e. The summed E-state index contributed by atoms with van der Waals surface area (Å²) in [6.07, 6.45) is 16.0. The maximum atomic E-state index is 11.1. The highest BCUT2D eigenvalue weighted by Crippen LogP contribution is 2.21. The summed E-state index contributed by atoms with van der Waals surface area (Å²) < 4.78 is 5.23. The number of ether oxygens (including phenoxy) is 1. The van der Waals surface area contributed by atoms with Crippen LogP contribution < -0.4 is 0 Å². The van der Waals surface area contributed by atoms with Crippen molar-refractivity contribution in [2.45, 2.75) is 103 Å². The van der Waals surface area contributed by atoms with E-state index >= 15 is 0 Å². The van der Waals surface area contributed by atoms with Crippen LogP contribution >= 0.6 is 12.4 Å². The van der Waals surface area contributed by atoms with Gasteiger partial charge in [-0.3, -0.25) is 9.69 Å². The lowest BCUT2D eigenvalue weighted by Crippen LogP contribution is -2.33. The zero-order valence-electron chi connectivity index (χ0n) is 18.7. The molecule has 1 saturated heterocycles. The smallest absolute Gasteiger partial charge is 0.302 e. The van der Waals surface area contributed by atoms with Crippen LogP contribution in [0.4, 0.5) is 0 Å². The molecule has 0 spiro atoms. The first-order valence-electron chi connectivity index (χ1n) is 11.6. The molecule has 1 atom stereocenters. The Balaban J connectivity index is 0.00000420. The Morgan fingerprint density at radius 3 is 2.17 bits per heavy atom. The number of hydrogen-bond acceptors (Lipinski definition) is 3. The van der Waals surface area contributed by atoms with Gasteiger partial charge in [0.1, 0.15) is 6.61 Å². The molecule has 1 aromatic carbocycles. The number of nitrogens with zero attached hydrogens (tertiary/aromatic N) is 1. The molecule has 0 aliphatic carbocycles. The Hall–Kier alpha value is -1.06. The molecule has 1 heterocycles. The first-order valence-corrected chi connectivity index (χ1v) is 11.6. The van der Waals surface area contributed by atoms with Gasteiger partial charge in [-0.1, -0.05) is 82.6 Å². The molecular formula is C25H42ClNO2. The first kappa shape index (κ1) is 26.0. The summed E-state index contributed by atoms with van der Waals surface area (Å²) in [5.74, 6) is -0.173. The third-order valence-corrected chi connectivity index (χ3v) is 5.96. The molecule has 1 aliphatic heterocycles. The number of carbonyl (C=O) groups excluding carboxylic acids is 1. The van der Waals surface area contributed by atoms with Crippen LogP contribution in [0.25, 0.3) is 0 Å². The largest absolute Gasteiger partial charge is 0.464 e. The van der Waals surface area contributed by atoms with Gasteiger partial charge in [-0.25, -0.2) is 0 Å². The number of halogens is 1. The van der Waals surface area contributed by atoms with Crippen molar-refractivity contribution in [3.05, 3.63) is 35.4 Å². The molecule has 1 fully saturated rings. The van der Waals surface area contributed by atoms with E-state index in [9.17, 15) is 4.79 Å². The van der Waals surface area contributed by atoms with Crippen molar-refractivity contribution in [2.75, 3.05) is 13.2 Å². The van der Waals surface area contributed by atoms with Crippen LogP contribution in [0.15, 0.2) is 24.3 Å². The Morgan fingerprint density at radius 1 is 0.966 bits per heavy atom. The Labute approximate surface area is 185 Å². The van der Waals surface area contributed by atoms with Crippen molar-refractivity contribution in [3.63, 3.8) is 0 Å². The SMILES string of the molecule is CCCCCCCCCCCc1ccc(CN2CCC[C@@H]2COC(C)=O)cc1.Cl. The quantitative estimate of drug-likeness (QED) is 0.246. The van der Waals surface area contributed by atoms with Gasteiger partial charge in [0, 0.05) is 19.5 Å². The van der Waals surface area contributed by atoms with Gasteiger partial charge in [-0.15, -0.1) is 12.4 Å². The monoisotopic (exact) mass is 423 g/mol. The number of aryl methyl sites for hydroxylation is 1. The summed E-state index contributed by atoms with van der Waals surface area (Å²) in [7, 11) is 0. The third kappa shape index (κ3) is 11.1. The molecule has 0 unspecified atom stereocenters. The predicted molar refractivity (Wildman–Crippen MR) is 125 cm³/mol. The number of benzene rings is 1. The summed E-state index contributed by atoms with van der Waals surface area (Å²) in [6.45, 7) is 6.37. The van der Waals surface area contributed by atoms with Crippen LogP contribution in [0.3, 0.4) is 0 Å². The number of hydrogen-bond donors (Lipinski definition) is 0. The minimum atomic E-state index is -0.173. The maximum absolute atomic E-state index is 11.1. The fraction of sp³-hybridized carbons (Fsp3) is 0.720. The fourth-order valence-corrected chi connectivity index (χ4v) is 4.19. The predicted octanol–water partition coefficient (Wildman–Crippen LogP) is 6.71. The number of esters is 1. The molecule has 0 saturated carbocycles. The van der Waals surface area contributed by atoms with Crippen molar-refractivity contribution in [2.24, 2.45) is 0 Å². The molecule has 0 amide bonds. The summed E-state index contributed by atoms with van der Waals surface area (Å²) in [4.78, 5) is 13.5. The maximum Gasteiger partial charge on any atom is 0.302 e. The molecule has 0 N–H and O–H groups in total. The molecule has 4 heteroatoms. The van der Waals surface area contributed by atoms with Crippen LogP contribution in [0.1, 0.15) is 95.6 Å². The first-order chi connectivity index (χ1) is 13.7. The lowest BCUT2D eigenvalue weighted by molar-refractivity contribution is -0.142. The van der Waals surface area contributed by atoms with E-state index in [2.05, 4.69) is 36.1 Å². The number of rotatable bonds is 14. The zero-order chi connectivity index (χ0) is 20.0. The fourth-order valence-electron chi connectivity index (χ4n) is 4.19. The Morgan fingerprint density at radius 2 is 1.55 bits per heavy atom. The molecule has 0 aromatic heterocycles. The van der Waals surface area contributed by atoms with Crippen molar-refractivity contribution >= 4 is 18.4 Å². The highest BCUT2D eigenvalue weighted by Gasteiger charge is 2.25. The van der Waals surface area contributed by atoms with E-state index in [0.717, 1.165) is 19.5 Å². The third-order valence-electron chi connectivity index (χ3n) is 5.96. The molecule has 166 valence electrons. The van der Waals surface area contributed by atoms with E-state index in [1.165, 1.54) is 88.7 Å². The van der Waals surface area contributed by atoms with Crippen molar-refractivity contribution in [1.82, 2.24) is 4.90 Å². The zero-order valence-corrected chi connectivity index (χ0v) is 19.5. The minimum absolute atomic E-state index is 0. The van der Waals surface area contributed by atoms with Gasteiger partial charge in [-0.05, 0) is 43.4 Å². The van der Waals surface area contributed by atoms with E-state index in [-0.39, 0.29) is 18.4 Å². The molecule has 2 rings (SSSR count). The van der Waals surface area contributed by atoms with E-state index in [1.54, 1.807) is 0 Å². The van der Waals surface area contributed by atoms with Gasteiger partial charge in [0.2, 0.25) is 0 Å². The van der Waals surface area contributed by atoms with Crippen LogP contribution in [-0.2, 0) is 22.5 Å². The summed E-state index contributed by atoms with van der Waals surface area (Å²) in [5.41, 5.74) is 2.83.